The number of carbonyl (C=O) groups is 2. The van der Waals surface area contributed by atoms with Crippen LogP contribution in [-0.4, -0.2) is 92.7 Å². The van der Waals surface area contributed by atoms with Crippen molar-refractivity contribution in [3.63, 3.8) is 0 Å². The first-order valence-electron chi connectivity index (χ1n) is 17.0. The van der Waals surface area contributed by atoms with Gasteiger partial charge in [-0.1, -0.05) is 19.1 Å². The van der Waals surface area contributed by atoms with E-state index >= 15 is 0 Å². The third-order valence-electron chi connectivity index (χ3n) is 8.76. The van der Waals surface area contributed by atoms with Gasteiger partial charge in [-0.2, -0.15) is 0 Å². The molecule has 49 heavy (non-hydrogen) atoms. The Morgan fingerprint density at radius 3 is 2.27 bits per heavy atom. The normalized spacial score (nSPS) is 19.6. The lowest BCUT2D eigenvalue weighted by Gasteiger charge is -2.36. The van der Waals surface area contributed by atoms with Gasteiger partial charge in [0.2, 0.25) is 0 Å². The molecular weight excluding hydrogens is 624 g/mol. The molecule has 1 aliphatic heterocycles. The number of hydrogen-bond donors (Lipinski definition) is 3. The van der Waals surface area contributed by atoms with Crippen LogP contribution in [0.25, 0.3) is 0 Å². The molecule has 11 heteroatoms. The molecule has 3 N–H and O–H groups in total. The van der Waals surface area contributed by atoms with Crippen LogP contribution in [-0.2, 0) is 11.3 Å². The molecule has 4 rings (SSSR count). The van der Waals surface area contributed by atoms with Crippen molar-refractivity contribution in [2.75, 3.05) is 58.2 Å². The van der Waals surface area contributed by atoms with Crippen LogP contribution in [0.5, 0.6) is 17.2 Å². The van der Waals surface area contributed by atoms with E-state index < -0.39 is 12.1 Å². The highest BCUT2D eigenvalue weighted by Gasteiger charge is 2.30. The number of nitrogens with zero attached hydrogens (tertiary/aromatic N) is 2. The fourth-order valence-corrected chi connectivity index (χ4v) is 5.85. The standard InChI is InChI=1S/C38H52N4O7/c1-26-22-42(27(2)25-43)37(44)34-21-31(40-38(45)39-30-12-17-33(47-6)18-13-30)14-19-35(34)49-28(3)9-7-8-20-48-36(26)24-41(4)23-29-10-15-32(46-5)16-11-29/h10-19,21,26-28,36,43H,7-9,20,22-25H2,1-6H3,(H2,39,40,45)/t26-,27+,28-,36+/m0/s1. The predicted molar refractivity (Wildman–Crippen MR) is 192 cm³/mol. The Morgan fingerprint density at radius 2 is 1.61 bits per heavy atom. The topological polar surface area (TPSA) is 122 Å². The van der Waals surface area contributed by atoms with Crippen LogP contribution in [0, 0.1) is 5.92 Å². The smallest absolute Gasteiger partial charge is 0.323 e. The summed E-state index contributed by atoms with van der Waals surface area (Å²) in [5.74, 6) is 1.58. The molecule has 0 aliphatic carbocycles. The number of amides is 3. The van der Waals surface area contributed by atoms with E-state index in [-0.39, 0.29) is 30.6 Å². The first-order valence-corrected chi connectivity index (χ1v) is 17.0. The molecule has 0 saturated heterocycles. The predicted octanol–water partition coefficient (Wildman–Crippen LogP) is 6.28. The monoisotopic (exact) mass is 676 g/mol. The summed E-state index contributed by atoms with van der Waals surface area (Å²) in [6.45, 7) is 8.04. The molecule has 0 aromatic heterocycles. The summed E-state index contributed by atoms with van der Waals surface area (Å²) in [4.78, 5) is 31.2. The second-order valence-electron chi connectivity index (χ2n) is 12.9. The number of aliphatic hydroxyl groups excluding tert-OH is 1. The highest BCUT2D eigenvalue weighted by Crippen LogP contribution is 2.29. The van der Waals surface area contributed by atoms with Crippen LogP contribution >= 0.6 is 0 Å². The van der Waals surface area contributed by atoms with Gasteiger partial charge in [0, 0.05) is 43.5 Å². The third kappa shape index (κ3) is 11.1. The summed E-state index contributed by atoms with van der Waals surface area (Å²) in [5, 5.41) is 15.9. The first-order chi connectivity index (χ1) is 23.6. The summed E-state index contributed by atoms with van der Waals surface area (Å²) < 4.78 is 23.3. The van der Waals surface area contributed by atoms with Crippen molar-refractivity contribution in [3.8, 4) is 17.2 Å². The molecule has 1 heterocycles. The van der Waals surface area contributed by atoms with E-state index in [1.54, 1.807) is 61.6 Å². The number of urea groups is 1. The van der Waals surface area contributed by atoms with Gasteiger partial charge in [-0.3, -0.25) is 9.69 Å². The fourth-order valence-electron chi connectivity index (χ4n) is 5.85. The summed E-state index contributed by atoms with van der Waals surface area (Å²) in [7, 11) is 5.31. The maximum absolute atomic E-state index is 14.4. The summed E-state index contributed by atoms with van der Waals surface area (Å²) in [6.07, 6.45) is 2.27. The van der Waals surface area contributed by atoms with E-state index in [1.165, 1.54) is 0 Å². The average Bonchev–Trinajstić information content (AvgIpc) is 3.10. The number of aliphatic hydroxyl groups is 1. The Balaban J connectivity index is 1.56. The average molecular weight is 677 g/mol. The van der Waals surface area contributed by atoms with Crippen molar-refractivity contribution in [3.05, 3.63) is 77.9 Å². The molecule has 3 aromatic rings. The molecule has 0 bridgehead atoms. The highest BCUT2D eigenvalue weighted by molar-refractivity contribution is 6.02. The molecule has 0 fully saturated rings. The lowest BCUT2D eigenvalue weighted by atomic mass is 10.0. The van der Waals surface area contributed by atoms with E-state index in [0.29, 0.717) is 48.1 Å². The maximum Gasteiger partial charge on any atom is 0.323 e. The number of hydrogen-bond acceptors (Lipinski definition) is 8. The van der Waals surface area contributed by atoms with E-state index in [0.717, 1.165) is 37.1 Å². The van der Waals surface area contributed by atoms with Crippen LogP contribution in [0.3, 0.4) is 0 Å². The number of nitrogens with one attached hydrogen (secondary N) is 2. The van der Waals surface area contributed by atoms with Gasteiger partial charge in [0.05, 0.1) is 44.6 Å². The number of rotatable bonds is 10. The lowest BCUT2D eigenvalue weighted by molar-refractivity contribution is -0.0177. The maximum atomic E-state index is 14.4. The van der Waals surface area contributed by atoms with Gasteiger partial charge < -0.3 is 39.6 Å². The van der Waals surface area contributed by atoms with Crippen molar-refractivity contribution >= 4 is 23.3 Å². The van der Waals surface area contributed by atoms with E-state index in [4.69, 9.17) is 18.9 Å². The minimum atomic E-state index is -0.471. The zero-order valence-electron chi connectivity index (χ0n) is 29.6. The molecule has 0 spiro atoms. The number of anilines is 2. The van der Waals surface area contributed by atoms with Gasteiger partial charge in [-0.25, -0.2) is 4.79 Å². The number of benzene rings is 3. The van der Waals surface area contributed by atoms with E-state index in [2.05, 4.69) is 41.6 Å². The summed E-state index contributed by atoms with van der Waals surface area (Å²) in [6, 6.07) is 19.2. The number of ether oxygens (including phenoxy) is 4. The van der Waals surface area contributed by atoms with Gasteiger partial charge in [-0.15, -0.1) is 0 Å². The zero-order valence-corrected chi connectivity index (χ0v) is 29.6. The van der Waals surface area contributed by atoms with Crippen LogP contribution < -0.4 is 24.8 Å². The number of fused-ring (bicyclic) bond motifs is 1. The minimum absolute atomic E-state index is 0.0564. The van der Waals surface area contributed by atoms with Crippen molar-refractivity contribution < 1.29 is 33.6 Å². The second-order valence-corrected chi connectivity index (χ2v) is 12.9. The molecule has 0 saturated carbocycles. The van der Waals surface area contributed by atoms with Crippen LogP contribution in [0.4, 0.5) is 16.2 Å². The number of carbonyl (C=O) groups excluding carboxylic acids is 2. The van der Waals surface area contributed by atoms with Crippen molar-refractivity contribution in [2.45, 2.75) is 64.8 Å². The SMILES string of the molecule is COc1ccc(CN(C)C[C@H]2OCCCC[C@H](C)Oc3ccc(NC(=O)Nc4ccc(OC)cc4)cc3C(=O)N([C@H](C)CO)C[C@@H]2C)cc1. The van der Waals surface area contributed by atoms with Crippen LogP contribution in [0.2, 0.25) is 0 Å². The van der Waals surface area contributed by atoms with E-state index in [1.807, 2.05) is 26.0 Å². The van der Waals surface area contributed by atoms with Crippen molar-refractivity contribution in [1.82, 2.24) is 9.80 Å². The van der Waals surface area contributed by atoms with E-state index in [9.17, 15) is 14.7 Å². The third-order valence-corrected chi connectivity index (χ3v) is 8.76. The Bertz CT molecular complexity index is 1480. The molecule has 1 aliphatic rings. The van der Waals surface area contributed by atoms with Gasteiger partial charge >= 0.3 is 6.03 Å². The van der Waals surface area contributed by atoms with Gasteiger partial charge in [-0.05, 0) is 100 Å². The Labute approximate surface area is 290 Å². The van der Waals surface area contributed by atoms with Gasteiger partial charge in [0.25, 0.3) is 5.91 Å². The second kappa shape index (κ2) is 18.4. The number of methoxy groups -OCH3 is 2. The quantitative estimate of drug-likeness (QED) is 0.230. The van der Waals surface area contributed by atoms with Crippen molar-refractivity contribution in [1.29, 1.82) is 0 Å². The molecule has 266 valence electrons. The Hall–Kier alpha value is -4.32. The largest absolute Gasteiger partial charge is 0.497 e. The number of likely N-dealkylation sites (N-methyl/N-ethyl adjacent to an activating group) is 1. The molecule has 4 atom stereocenters. The molecule has 11 nitrogen and oxygen atoms in total. The van der Waals surface area contributed by atoms with Gasteiger partial charge in [0.1, 0.15) is 17.2 Å². The van der Waals surface area contributed by atoms with Crippen LogP contribution in [0.15, 0.2) is 66.7 Å². The van der Waals surface area contributed by atoms with Gasteiger partial charge in [0.15, 0.2) is 0 Å². The molecule has 3 aromatic carbocycles. The molecular formula is C38H52N4O7. The molecule has 3 amide bonds. The highest BCUT2D eigenvalue weighted by atomic mass is 16.5. The van der Waals surface area contributed by atoms with Crippen LogP contribution in [0.1, 0.15) is 56.0 Å². The molecule has 0 unspecified atom stereocenters. The summed E-state index contributed by atoms with van der Waals surface area (Å²) >= 11 is 0. The zero-order chi connectivity index (χ0) is 35.3. The summed E-state index contributed by atoms with van der Waals surface area (Å²) in [5.41, 5.74) is 2.50. The first kappa shape index (κ1) is 37.5. The lowest BCUT2D eigenvalue weighted by Crippen LogP contribution is -2.47. The Kier molecular flexibility index (Phi) is 14.1. The Morgan fingerprint density at radius 1 is 0.980 bits per heavy atom. The minimum Gasteiger partial charge on any atom is -0.497 e. The molecule has 0 radical (unpaired) electrons. The van der Waals surface area contributed by atoms with Crippen molar-refractivity contribution in [2.24, 2.45) is 5.92 Å². The fraction of sp³-hybridized carbons (Fsp3) is 0.474.